The van der Waals surface area contributed by atoms with Crippen LogP contribution in [0.25, 0.3) is 0 Å². The van der Waals surface area contributed by atoms with Gasteiger partial charge in [0.1, 0.15) is 13.2 Å². The van der Waals surface area contributed by atoms with Crippen LogP contribution >= 0.6 is 11.8 Å². The second kappa shape index (κ2) is 6.52. The van der Waals surface area contributed by atoms with Gasteiger partial charge in [0.05, 0.1) is 7.11 Å². The van der Waals surface area contributed by atoms with Crippen molar-refractivity contribution in [1.29, 1.82) is 0 Å². The van der Waals surface area contributed by atoms with Crippen molar-refractivity contribution in [2.75, 3.05) is 26.1 Å². The first kappa shape index (κ1) is 13.8. The van der Waals surface area contributed by atoms with E-state index in [0.29, 0.717) is 24.5 Å². The molecule has 5 heteroatoms. The van der Waals surface area contributed by atoms with Crippen LogP contribution in [-0.4, -0.2) is 32.0 Å². The first-order valence-electron chi connectivity index (χ1n) is 5.98. The number of thioether (sulfide) groups is 1. The molecule has 0 aliphatic carbocycles. The summed E-state index contributed by atoms with van der Waals surface area (Å²) in [5, 5.41) is 0. The van der Waals surface area contributed by atoms with Gasteiger partial charge in [-0.15, -0.1) is 11.8 Å². The zero-order valence-corrected chi connectivity index (χ0v) is 11.8. The lowest BCUT2D eigenvalue weighted by molar-refractivity contribution is -0.136. The fraction of sp³-hybridized carbons (Fsp3) is 0.357. The van der Waals surface area contributed by atoms with Crippen molar-refractivity contribution >= 4 is 17.7 Å². The van der Waals surface area contributed by atoms with Gasteiger partial charge in [-0.25, -0.2) is 4.79 Å². The number of fused-ring (bicyclic) bond motifs is 1. The molecule has 1 aromatic rings. The number of benzene rings is 1. The zero-order chi connectivity index (χ0) is 13.7. The van der Waals surface area contributed by atoms with Crippen LogP contribution in [0.3, 0.4) is 0 Å². The van der Waals surface area contributed by atoms with Gasteiger partial charge in [0, 0.05) is 16.2 Å². The normalized spacial score (nSPS) is 14.1. The van der Waals surface area contributed by atoms with Gasteiger partial charge in [-0.2, -0.15) is 0 Å². The van der Waals surface area contributed by atoms with Crippen LogP contribution < -0.4 is 9.47 Å². The summed E-state index contributed by atoms with van der Waals surface area (Å²) in [5.41, 5.74) is 0.618. The molecule has 1 heterocycles. The molecule has 0 saturated heterocycles. The van der Waals surface area contributed by atoms with E-state index in [-0.39, 0.29) is 5.97 Å². The summed E-state index contributed by atoms with van der Waals surface area (Å²) in [6.07, 6.45) is 1.85. The monoisotopic (exact) mass is 280 g/mol. The van der Waals surface area contributed by atoms with Gasteiger partial charge >= 0.3 is 5.97 Å². The van der Waals surface area contributed by atoms with E-state index in [0.717, 1.165) is 16.4 Å². The van der Waals surface area contributed by atoms with Crippen molar-refractivity contribution in [3.8, 4) is 11.5 Å². The Morgan fingerprint density at radius 2 is 2.11 bits per heavy atom. The Morgan fingerprint density at radius 1 is 1.37 bits per heavy atom. The fourth-order valence-corrected chi connectivity index (χ4v) is 2.50. The second-order valence-electron chi connectivity index (χ2n) is 4.00. The molecule has 1 aliphatic heterocycles. The molecule has 0 aromatic heterocycles. The summed E-state index contributed by atoms with van der Waals surface area (Å²) in [4.78, 5) is 12.3. The van der Waals surface area contributed by atoms with E-state index in [1.54, 1.807) is 18.7 Å². The van der Waals surface area contributed by atoms with Crippen molar-refractivity contribution in [2.24, 2.45) is 0 Å². The van der Waals surface area contributed by atoms with E-state index in [1.807, 2.05) is 24.3 Å². The summed E-state index contributed by atoms with van der Waals surface area (Å²) in [7, 11) is 1.38. The maximum absolute atomic E-state index is 11.2. The minimum absolute atomic E-state index is 0.289. The van der Waals surface area contributed by atoms with E-state index in [4.69, 9.17) is 9.47 Å². The standard InChI is InChI=1S/C14H16O4S/c1-10(14(15)16-2)5-8-19-11-3-4-12-13(9-11)18-7-6-17-12/h3-5,9H,6-8H2,1-2H3. The summed E-state index contributed by atoms with van der Waals surface area (Å²) >= 11 is 1.63. The molecule has 0 radical (unpaired) electrons. The third-order valence-electron chi connectivity index (χ3n) is 2.66. The number of esters is 1. The maximum Gasteiger partial charge on any atom is 0.333 e. The Hall–Kier alpha value is -1.62. The van der Waals surface area contributed by atoms with Crippen molar-refractivity contribution in [2.45, 2.75) is 11.8 Å². The average molecular weight is 280 g/mol. The number of carbonyl (C=O) groups excluding carboxylic acids is 1. The van der Waals surface area contributed by atoms with Gasteiger partial charge in [-0.05, 0) is 25.1 Å². The van der Waals surface area contributed by atoms with E-state index >= 15 is 0 Å². The number of rotatable bonds is 4. The van der Waals surface area contributed by atoms with E-state index in [1.165, 1.54) is 7.11 Å². The summed E-state index contributed by atoms with van der Waals surface area (Å²) in [6.45, 7) is 2.93. The van der Waals surface area contributed by atoms with Crippen LogP contribution in [-0.2, 0) is 9.53 Å². The molecule has 1 aliphatic rings. The van der Waals surface area contributed by atoms with Gasteiger partial charge in [0.25, 0.3) is 0 Å². The largest absolute Gasteiger partial charge is 0.486 e. The van der Waals surface area contributed by atoms with Gasteiger partial charge in [0.2, 0.25) is 0 Å². The van der Waals surface area contributed by atoms with Gasteiger partial charge in [0.15, 0.2) is 11.5 Å². The first-order chi connectivity index (χ1) is 9.20. The number of methoxy groups -OCH3 is 1. The highest BCUT2D eigenvalue weighted by Crippen LogP contribution is 2.34. The molecule has 0 N–H and O–H groups in total. The van der Waals surface area contributed by atoms with Gasteiger partial charge in [-0.1, -0.05) is 6.08 Å². The molecule has 2 rings (SSSR count). The second-order valence-corrected chi connectivity index (χ2v) is 5.09. The Kier molecular flexibility index (Phi) is 4.74. The highest BCUT2D eigenvalue weighted by molar-refractivity contribution is 7.99. The first-order valence-corrected chi connectivity index (χ1v) is 6.97. The quantitative estimate of drug-likeness (QED) is 0.482. The SMILES string of the molecule is COC(=O)C(C)=CCSc1ccc2c(c1)OCCO2. The van der Waals surface area contributed by atoms with Gasteiger partial charge < -0.3 is 14.2 Å². The topological polar surface area (TPSA) is 44.8 Å². The lowest BCUT2D eigenvalue weighted by Gasteiger charge is -2.18. The van der Waals surface area contributed by atoms with E-state index in [9.17, 15) is 4.79 Å². The molecule has 1 aromatic carbocycles. The van der Waals surface area contributed by atoms with Crippen molar-refractivity contribution < 1.29 is 19.0 Å². The molecule has 19 heavy (non-hydrogen) atoms. The minimum Gasteiger partial charge on any atom is -0.486 e. The molecular weight excluding hydrogens is 264 g/mol. The van der Waals surface area contributed by atoms with Crippen LogP contribution in [0.4, 0.5) is 0 Å². The highest BCUT2D eigenvalue weighted by Gasteiger charge is 2.11. The van der Waals surface area contributed by atoms with Crippen molar-refractivity contribution in [3.05, 3.63) is 29.8 Å². The van der Waals surface area contributed by atoms with Crippen LogP contribution in [0.1, 0.15) is 6.92 Å². The Labute approximate surface area is 116 Å². The van der Waals surface area contributed by atoms with Crippen molar-refractivity contribution in [1.82, 2.24) is 0 Å². The van der Waals surface area contributed by atoms with Crippen LogP contribution in [0.5, 0.6) is 11.5 Å². The molecular formula is C14H16O4S. The fourth-order valence-electron chi connectivity index (χ4n) is 1.62. The summed E-state index contributed by atoms with van der Waals surface area (Å²) in [5.74, 6) is 1.99. The maximum atomic E-state index is 11.2. The molecule has 0 fully saturated rings. The van der Waals surface area contributed by atoms with Crippen molar-refractivity contribution in [3.63, 3.8) is 0 Å². The predicted molar refractivity (Wildman–Crippen MR) is 73.9 cm³/mol. The molecule has 0 spiro atoms. The third kappa shape index (κ3) is 3.67. The van der Waals surface area contributed by atoms with Gasteiger partial charge in [-0.3, -0.25) is 0 Å². The molecule has 0 unspecified atom stereocenters. The number of hydrogen-bond acceptors (Lipinski definition) is 5. The smallest absolute Gasteiger partial charge is 0.333 e. The third-order valence-corrected chi connectivity index (χ3v) is 3.58. The molecule has 0 amide bonds. The van der Waals surface area contributed by atoms with E-state index < -0.39 is 0 Å². The Balaban J connectivity index is 1.95. The average Bonchev–Trinajstić information content (AvgIpc) is 2.46. The number of ether oxygens (including phenoxy) is 3. The minimum atomic E-state index is -0.289. The highest BCUT2D eigenvalue weighted by atomic mass is 32.2. The summed E-state index contributed by atoms with van der Waals surface area (Å²) < 4.78 is 15.6. The van der Waals surface area contributed by atoms with Crippen LogP contribution in [0, 0.1) is 0 Å². The Morgan fingerprint density at radius 3 is 2.84 bits per heavy atom. The lowest BCUT2D eigenvalue weighted by Crippen LogP contribution is -2.15. The predicted octanol–water partition coefficient (Wildman–Crippen LogP) is 2.67. The molecule has 0 saturated carbocycles. The number of carbonyl (C=O) groups is 1. The molecule has 102 valence electrons. The zero-order valence-electron chi connectivity index (χ0n) is 11.0. The van der Waals surface area contributed by atoms with Crippen LogP contribution in [0.2, 0.25) is 0 Å². The van der Waals surface area contributed by atoms with E-state index in [2.05, 4.69) is 4.74 Å². The molecule has 0 bridgehead atoms. The molecule has 0 atom stereocenters. The Bertz CT molecular complexity index is 496. The lowest BCUT2D eigenvalue weighted by atomic mass is 10.3. The number of hydrogen-bond donors (Lipinski definition) is 0. The van der Waals surface area contributed by atoms with Crippen LogP contribution in [0.15, 0.2) is 34.7 Å². The summed E-state index contributed by atoms with van der Waals surface area (Å²) in [6, 6.07) is 5.85. The molecule has 4 nitrogen and oxygen atoms in total.